The fraction of sp³-hybridized carbons (Fsp3) is 0.167. The highest BCUT2D eigenvalue weighted by Crippen LogP contribution is 2.32. The van der Waals surface area contributed by atoms with Crippen LogP contribution in [0.5, 0.6) is 0 Å². The summed E-state index contributed by atoms with van der Waals surface area (Å²) < 4.78 is 69.4. The fourth-order valence-electron chi connectivity index (χ4n) is 3.00. The topological polar surface area (TPSA) is 55.4 Å². The first-order valence-corrected chi connectivity index (χ1v) is 10.9. The van der Waals surface area contributed by atoms with Gasteiger partial charge in [-0.2, -0.15) is 21.6 Å². The molecule has 1 atom stereocenters. The van der Waals surface area contributed by atoms with Crippen molar-refractivity contribution >= 4 is 15.8 Å². The van der Waals surface area contributed by atoms with Crippen molar-refractivity contribution in [2.24, 2.45) is 0 Å². The molecule has 0 aliphatic heterocycles. The molecular weight excluding hydrogens is 439 g/mol. The van der Waals surface area contributed by atoms with Crippen molar-refractivity contribution in [1.29, 1.82) is 0 Å². The Morgan fingerprint density at radius 1 is 0.906 bits per heavy atom. The van der Waals surface area contributed by atoms with E-state index in [2.05, 4.69) is 11.2 Å². The number of hydrogen-bond acceptors (Lipinski definition) is 4. The average Bonchev–Trinajstić information content (AvgIpc) is 2.77. The number of rotatable bonds is 7. The van der Waals surface area contributed by atoms with Gasteiger partial charge in [0.05, 0.1) is 10.5 Å². The van der Waals surface area contributed by atoms with Crippen LogP contribution in [-0.2, 0) is 26.0 Å². The summed E-state index contributed by atoms with van der Waals surface area (Å²) in [6.07, 6.45) is 1.33. The normalized spacial score (nSPS) is 13.7. The maximum Gasteiger partial charge on any atom is 0.416 e. The zero-order chi connectivity index (χ0) is 23.4. The highest BCUT2D eigenvalue weighted by atomic mass is 32.2. The predicted octanol–water partition coefficient (Wildman–Crippen LogP) is 5.36. The second-order valence-electron chi connectivity index (χ2n) is 7.15. The molecule has 0 aliphatic carbocycles. The average molecular weight is 459 g/mol. The van der Waals surface area contributed by atoms with Crippen molar-refractivity contribution in [3.05, 3.63) is 95.6 Å². The molecule has 0 radical (unpaired) electrons. The van der Waals surface area contributed by atoms with E-state index in [-0.39, 0.29) is 10.6 Å². The van der Waals surface area contributed by atoms with Gasteiger partial charge in [0.25, 0.3) is 10.1 Å². The summed E-state index contributed by atoms with van der Waals surface area (Å²) >= 11 is 0. The molecule has 0 aromatic heterocycles. The van der Waals surface area contributed by atoms with Crippen molar-refractivity contribution in [2.75, 3.05) is 11.9 Å². The molecule has 8 heteroatoms. The zero-order valence-electron chi connectivity index (χ0n) is 17.1. The standard InChI is InChI=1S/C24H20F3NO3S/c1-3-23(19-7-5-4-6-8-19,28-21-13-11-20(12-14-21)24(25,26)27)17-31-32(29,30)22-15-9-18(2)10-16-22/h1,4-16,28H,17H2,2H3/t23-/m0/s1. The van der Waals surface area contributed by atoms with Gasteiger partial charge in [-0.3, -0.25) is 4.18 Å². The van der Waals surface area contributed by atoms with Crippen molar-refractivity contribution in [3.63, 3.8) is 0 Å². The molecule has 3 aromatic rings. The van der Waals surface area contributed by atoms with E-state index in [0.29, 0.717) is 5.56 Å². The van der Waals surface area contributed by atoms with Crippen LogP contribution in [-0.4, -0.2) is 15.0 Å². The van der Waals surface area contributed by atoms with Crippen LogP contribution in [0.4, 0.5) is 18.9 Å². The van der Waals surface area contributed by atoms with E-state index in [1.54, 1.807) is 42.5 Å². The second kappa shape index (κ2) is 9.07. The zero-order valence-corrected chi connectivity index (χ0v) is 17.9. The lowest BCUT2D eigenvalue weighted by Crippen LogP contribution is -2.39. The quantitative estimate of drug-likeness (QED) is 0.382. The summed E-state index contributed by atoms with van der Waals surface area (Å²) in [5.41, 5.74) is -0.598. The van der Waals surface area contributed by atoms with E-state index in [0.717, 1.165) is 17.7 Å². The van der Waals surface area contributed by atoms with Gasteiger partial charge in [0.2, 0.25) is 0 Å². The van der Waals surface area contributed by atoms with Crippen molar-refractivity contribution in [2.45, 2.75) is 23.5 Å². The largest absolute Gasteiger partial charge is 0.416 e. The fourth-order valence-corrected chi connectivity index (χ4v) is 3.94. The van der Waals surface area contributed by atoms with Gasteiger partial charge in [-0.15, -0.1) is 6.42 Å². The van der Waals surface area contributed by atoms with E-state index in [1.807, 2.05) is 6.92 Å². The molecule has 0 saturated carbocycles. The monoisotopic (exact) mass is 459 g/mol. The highest BCUT2D eigenvalue weighted by molar-refractivity contribution is 7.86. The molecule has 1 N–H and O–H groups in total. The molecule has 3 rings (SSSR count). The number of halogens is 3. The van der Waals surface area contributed by atoms with Gasteiger partial charge in [-0.25, -0.2) is 0 Å². The minimum atomic E-state index is -4.48. The van der Waals surface area contributed by atoms with Crippen LogP contribution < -0.4 is 5.32 Å². The minimum absolute atomic E-state index is 0.0309. The van der Waals surface area contributed by atoms with Gasteiger partial charge in [-0.05, 0) is 48.9 Å². The Balaban J connectivity index is 1.93. The molecule has 0 unspecified atom stereocenters. The summed E-state index contributed by atoms with van der Waals surface area (Å²) in [7, 11) is -4.13. The summed E-state index contributed by atoms with van der Waals surface area (Å²) in [5, 5.41) is 2.98. The third-order valence-electron chi connectivity index (χ3n) is 4.82. The molecule has 0 fully saturated rings. The third kappa shape index (κ3) is 5.31. The number of alkyl halides is 3. The first-order valence-electron chi connectivity index (χ1n) is 9.51. The first-order chi connectivity index (χ1) is 15.1. The number of benzene rings is 3. The molecule has 0 bridgehead atoms. The number of hydrogen-bond donors (Lipinski definition) is 1. The molecule has 0 aliphatic rings. The Morgan fingerprint density at radius 3 is 2.03 bits per heavy atom. The van der Waals surface area contributed by atoms with E-state index >= 15 is 0 Å². The lowest BCUT2D eigenvalue weighted by Gasteiger charge is -2.31. The van der Waals surface area contributed by atoms with Gasteiger partial charge >= 0.3 is 6.18 Å². The van der Waals surface area contributed by atoms with Crippen LogP contribution in [0.25, 0.3) is 0 Å². The van der Waals surface area contributed by atoms with Gasteiger partial charge in [0.1, 0.15) is 12.1 Å². The predicted molar refractivity (Wildman–Crippen MR) is 116 cm³/mol. The number of nitrogens with one attached hydrogen (secondary N) is 1. The van der Waals surface area contributed by atoms with E-state index in [9.17, 15) is 21.6 Å². The first kappa shape index (κ1) is 23.4. The van der Waals surface area contributed by atoms with Crippen molar-refractivity contribution in [1.82, 2.24) is 0 Å². The molecule has 166 valence electrons. The summed E-state index contributed by atoms with van der Waals surface area (Å²) in [4.78, 5) is -0.0309. The molecule has 0 heterocycles. The lowest BCUT2D eigenvalue weighted by molar-refractivity contribution is -0.137. The van der Waals surface area contributed by atoms with E-state index in [4.69, 9.17) is 10.6 Å². The SMILES string of the molecule is C#C[C@@](COS(=O)(=O)c1ccc(C)cc1)(Nc1ccc(C(F)(F)F)cc1)c1ccccc1. The summed E-state index contributed by atoms with van der Waals surface area (Å²) in [5.74, 6) is 2.54. The van der Waals surface area contributed by atoms with E-state index < -0.39 is 34.0 Å². The molecule has 0 saturated heterocycles. The Morgan fingerprint density at radius 2 is 1.50 bits per heavy atom. The van der Waals surface area contributed by atoms with Crippen LogP contribution in [0.3, 0.4) is 0 Å². The minimum Gasteiger partial charge on any atom is -0.364 e. The van der Waals surface area contributed by atoms with E-state index in [1.165, 1.54) is 24.3 Å². The van der Waals surface area contributed by atoms with Gasteiger partial charge < -0.3 is 5.32 Å². The molecule has 0 spiro atoms. The highest BCUT2D eigenvalue weighted by Gasteiger charge is 2.34. The van der Waals surface area contributed by atoms with Crippen LogP contribution in [0, 0.1) is 19.3 Å². The van der Waals surface area contributed by atoms with Gasteiger partial charge in [0, 0.05) is 5.69 Å². The number of terminal acetylenes is 1. The maximum atomic E-state index is 12.9. The van der Waals surface area contributed by atoms with Crippen LogP contribution in [0.15, 0.2) is 83.8 Å². The molecule has 4 nitrogen and oxygen atoms in total. The maximum absolute atomic E-state index is 12.9. The van der Waals surface area contributed by atoms with Crippen LogP contribution >= 0.6 is 0 Å². The number of aryl methyl sites for hydroxylation is 1. The number of anilines is 1. The lowest BCUT2D eigenvalue weighted by atomic mass is 9.91. The Labute approximate surface area is 185 Å². The molecular formula is C24H20F3NO3S. The Bertz CT molecular complexity index is 1200. The van der Waals surface area contributed by atoms with Gasteiger partial charge in [0.15, 0.2) is 0 Å². The molecule has 0 amide bonds. The summed E-state index contributed by atoms with van der Waals surface area (Å²) in [6, 6.07) is 19.0. The van der Waals surface area contributed by atoms with Crippen LogP contribution in [0.1, 0.15) is 16.7 Å². The molecule has 32 heavy (non-hydrogen) atoms. The summed E-state index contributed by atoms with van der Waals surface area (Å²) in [6.45, 7) is 1.34. The van der Waals surface area contributed by atoms with Crippen LogP contribution in [0.2, 0.25) is 0 Å². The Kier molecular flexibility index (Phi) is 6.63. The van der Waals surface area contributed by atoms with Gasteiger partial charge in [-0.1, -0.05) is 53.9 Å². The molecule has 3 aromatic carbocycles. The third-order valence-corrected chi connectivity index (χ3v) is 6.10. The second-order valence-corrected chi connectivity index (χ2v) is 8.76. The van der Waals surface area contributed by atoms with Crippen molar-refractivity contribution < 1.29 is 25.8 Å². The van der Waals surface area contributed by atoms with Crippen molar-refractivity contribution in [3.8, 4) is 12.3 Å². The Hall–Kier alpha value is -3.28. The smallest absolute Gasteiger partial charge is 0.364 e.